The molecule has 1 heterocycles. The third-order valence-electron chi connectivity index (χ3n) is 4.88. The number of anilines is 1. The Labute approximate surface area is 109 Å². The summed E-state index contributed by atoms with van der Waals surface area (Å²) in [4.78, 5) is 8.95. The molecule has 98 valence electrons. The van der Waals surface area contributed by atoms with Crippen molar-refractivity contribution in [3.63, 3.8) is 0 Å². The van der Waals surface area contributed by atoms with Crippen LogP contribution in [0.5, 0.6) is 0 Å². The van der Waals surface area contributed by atoms with E-state index in [0.29, 0.717) is 6.04 Å². The highest BCUT2D eigenvalue weighted by Gasteiger charge is 2.41. The van der Waals surface area contributed by atoms with Gasteiger partial charge in [0, 0.05) is 12.2 Å². The van der Waals surface area contributed by atoms with E-state index in [0.717, 1.165) is 35.0 Å². The number of rotatable bonds is 3. The summed E-state index contributed by atoms with van der Waals surface area (Å²) in [5.74, 6) is 3.78. The van der Waals surface area contributed by atoms with Gasteiger partial charge in [-0.15, -0.1) is 0 Å². The predicted molar refractivity (Wildman–Crippen MR) is 73.5 cm³/mol. The number of aromatic nitrogens is 2. The molecule has 3 rings (SSSR count). The minimum absolute atomic E-state index is 0.523. The van der Waals surface area contributed by atoms with Gasteiger partial charge in [-0.25, -0.2) is 4.98 Å². The van der Waals surface area contributed by atoms with Crippen LogP contribution in [0.4, 0.5) is 5.82 Å². The van der Waals surface area contributed by atoms with E-state index >= 15 is 0 Å². The molecule has 1 N–H and O–H groups in total. The van der Waals surface area contributed by atoms with Crippen molar-refractivity contribution >= 4 is 5.82 Å². The molecule has 0 radical (unpaired) electrons. The molecular formula is C15H23N3. The second kappa shape index (κ2) is 4.52. The SMILES string of the molecule is Cc1cnc(C)c(N[C@@H](C)[C@@H]2C[C@@H]3CC[C@@H]2C3)n1. The van der Waals surface area contributed by atoms with Crippen LogP contribution in [0.1, 0.15) is 44.0 Å². The Balaban J connectivity index is 1.70. The third kappa shape index (κ3) is 2.11. The van der Waals surface area contributed by atoms with Crippen LogP contribution < -0.4 is 5.32 Å². The largest absolute Gasteiger partial charge is 0.366 e. The Hall–Kier alpha value is -1.12. The van der Waals surface area contributed by atoms with Gasteiger partial charge in [-0.2, -0.15) is 0 Å². The highest BCUT2D eigenvalue weighted by atomic mass is 15.0. The van der Waals surface area contributed by atoms with Gasteiger partial charge in [0.2, 0.25) is 0 Å². The van der Waals surface area contributed by atoms with Gasteiger partial charge < -0.3 is 5.32 Å². The zero-order valence-corrected chi connectivity index (χ0v) is 11.6. The Kier molecular flexibility index (Phi) is 3.00. The molecule has 0 unspecified atom stereocenters. The maximum absolute atomic E-state index is 4.57. The predicted octanol–water partition coefficient (Wildman–Crippen LogP) is 3.33. The van der Waals surface area contributed by atoms with Crippen LogP contribution in [0.2, 0.25) is 0 Å². The Bertz CT molecular complexity index is 443. The van der Waals surface area contributed by atoms with E-state index in [9.17, 15) is 0 Å². The Morgan fingerprint density at radius 2 is 2.11 bits per heavy atom. The summed E-state index contributed by atoms with van der Waals surface area (Å²) in [5, 5.41) is 3.60. The van der Waals surface area contributed by atoms with Crippen LogP contribution in [-0.2, 0) is 0 Å². The normalized spacial score (nSPS) is 31.6. The van der Waals surface area contributed by atoms with Crippen LogP contribution in [0.25, 0.3) is 0 Å². The van der Waals surface area contributed by atoms with Crippen molar-refractivity contribution in [2.75, 3.05) is 5.32 Å². The molecule has 2 bridgehead atoms. The van der Waals surface area contributed by atoms with E-state index in [1.54, 1.807) is 0 Å². The van der Waals surface area contributed by atoms with Crippen LogP contribution in [0, 0.1) is 31.6 Å². The fraction of sp³-hybridized carbons (Fsp3) is 0.733. The molecule has 0 spiro atoms. The molecule has 1 aromatic heterocycles. The van der Waals surface area contributed by atoms with Gasteiger partial charge in [0.1, 0.15) is 5.82 Å². The molecule has 2 aliphatic rings. The topological polar surface area (TPSA) is 37.8 Å². The highest BCUT2D eigenvalue weighted by molar-refractivity contribution is 5.40. The molecule has 18 heavy (non-hydrogen) atoms. The van der Waals surface area contributed by atoms with E-state index in [1.165, 1.54) is 25.7 Å². The van der Waals surface area contributed by atoms with E-state index in [-0.39, 0.29) is 0 Å². The molecule has 1 aromatic rings. The van der Waals surface area contributed by atoms with Crippen LogP contribution in [0.3, 0.4) is 0 Å². The maximum Gasteiger partial charge on any atom is 0.147 e. The van der Waals surface area contributed by atoms with Crippen molar-refractivity contribution in [1.29, 1.82) is 0 Å². The van der Waals surface area contributed by atoms with E-state index in [2.05, 4.69) is 22.2 Å². The average molecular weight is 245 g/mol. The van der Waals surface area contributed by atoms with Gasteiger partial charge in [-0.1, -0.05) is 6.42 Å². The fourth-order valence-electron chi connectivity index (χ4n) is 3.90. The van der Waals surface area contributed by atoms with E-state index < -0.39 is 0 Å². The second-order valence-corrected chi connectivity index (χ2v) is 6.22. The quantitative estimate of drug-likeness (QED) is 0.887. The van der Waals surface area contributed by atoms with Crippen LogP contribution in [-0.4, -0.2) is 16.0 Å². The third-order valence-corrected chi connectivity index (χ3v) is 4.88. The number of nitrogens with one attached hydrogen (secondary N) is 1. The summed E-state index contributed by atoms with van der Waals surface area (Å²) < 4.78 is 0. The molecule has 4 atom stereocenters. The van der Waals surface area contributed by atoms with Crippen molar-refractivity contribution in [3.8, 4) is 0 Å². The molecule has 0 aliphatic heterocycles. The van der Waals surface area contributed by atoms with Gasteiger partial charge in [-0.3, -0.25) is 4.98 Å². The number of hydrogen-bond acceptors (Lipinski definition) is 3. The first-order chi connectivity index (χ1) is 8.63. The molecule has 0 amide bonds. The second-order valence-electron chi connectivity index (χ2n) is 6.22. The first-order valence-corrected chi connectivity index (χ1v) is 7.20. The molecule has 3 nitrogen and oxygen atoms in total. The first kappa shape index (κ1) is 11.9. The molecular weight excluding hydrogens is 222 g/mol. The lowest BCUT2D eigenvalue weighted by Gasteiger charge is -2.29. The Morgan fingerprint density at radius 3 is 2.78 bits per heavy atom. The Morgan fingerprint density at radius 1 is 1.28 bits per heavy atom. The lowest BCUT2D eigenvalue weighted by molar-refractivity contribution is 0.304. The average Bonchev–Trinajstić information content (AvgIpc) is 2.96. The molecule has 2 aliphatic carbocycles. The molecule has 0 saturated heterocycles. The monoisotopic (exact) mass is 245 g/mol. The van der Waals surface area contributed by atoms with Gasteiger partial charge >= 0.3 is 0 Å². The van der Waals surface area contributed by atoms with Crippen LogP contribution in [0.15, 0.2) is 6.20 Å². The number of hydrogen-bond donors (Lipinski definition) is 1. The van der Waals surface area contributed by atoms with Crippen molar-refractivity contribution < 1.29 is 0 Å². The van der Waals surface area contributed by atoms with Gasteiger partial charge in [0.05, 0.1) is 11.4 Å². The lowest BCUT2D eigenvalue weighted by atomic mass is 9.84. The summed E-state index contributed by atoms with van der Waals surface area (Å²) in [7, 11) is 0. The summed E-state index contributed by atoms with van der Waals surface area (Å²) in [6.45, 7) is 6.34. The molecule has 3 heteroatoms. The van der Waals surface area contributed by atoms with Crippen molar-refractivity contribution in [2.24, 2.45) is 17.8 Å². The summed E-state index contributed by atoms with van der Waals surface area (Å²) in [6.07, 6.45) is 7.63. The zero-order valence-electron chi connectivity index (χ0n) is 11.6. The van der Waals surface area contributed by atoms with Crippen LogP contribution >= 0.6 is 0 Å². The standard InChI is InChI=1S/C15H23N3/c1-9-8-16-11(3)15(17-9)18-10(2)14-7-12-4-5-13(14)6-12/h8,10,12-14H,4-7H2,1-3H3,(H,17,18)/t10-,12+,13+,14-/m0/s1. The van der Waals surface area contributed by atoms with Gasteiger partial charge in [0.15, 0.2) is 0 Å². The first-order valence-electron chi connectivity index (χ1n) is 7.20. The van der Waals surface area contributed by atoms with Crippen molar-refractivity contribution in [3.05, 3.63) is 17.6 Å². The maximum atomic E-state index is 4.57. The molecule has 2 fully saturated rings. The van der Waals surface area contributed by atoms with Gasteiger partial charge in [-0.05, 0) is 57.8 Å². The highest BCUT2D eigenvalue weighted by Crippen LogP contribution is 2.49. The summed E-state index contributed by atoms with van der Waals surface area (Å²) >= 11 is 0. The van der Waals surface area contributed by atoms with E-state index in [1.807, 2.05) is 20.0 Å². The number of fused-ring (bicyclic) bond motifs is 2. The van der Waals surface area contributed by atoms with E-state index in [4.69, 9.17) is 0 Å². The summed E-state index contributed by atoms with van der Waals surface area (Å²) in [6, 6.07) is 0.523. The number of aryl methyl sites for hydroxylation is 2. The minimum atomic E-state index is 0.523. The smallest absolute Gasteiger partial charge is 0.147 e. The molecule has 0 aromatic carbocycles. The summed E-state index contributed by atoms with van der Waals surface area (Å²) in [5.41, 5.74) is 2.00. The number of nitrogens with zero attached hydrogens (tertiary/aromatic N) is 2. The van der Waals surface area contributed by atoms with Crippen molar-refractivity contribution in [2.45, 2.75) is 52.5 Å². The van der Waals surface area contributed by atoms with Crippen molar-refractivity contribution in [1.82, 2.24) is 9.97 Å². The zero-order chi connectivity index (χ0) is 12.7. The fourth-order valence-corrected chi connectivity index (χ4v) is 3.90. The minimum Gasteiger partial charge on any atom is -0.366 e. The van der Waals surface area contributed by atoms with Gasteiger partial charge in [0.25, 0.3) is 0 Å². The lowest BCUT2D eigenvalue weighted by Crippen LogP contribution is -2.30. The molecule has 2 saturated carbocycles.